The fourth-order valence-corrected chi connectivity index (χ4v) is 8.25. The number of nitrogens with zero attached hydrogens (tertiary/aromatic N) is 5. The largest absolute Gasteiger partial charge is 0.468 e. The number of hydrogen-bond donors (Lipinski definition) is 1. The molecule has 0 aliphatic carbocycles. The molecule has 6 heterocycles. The van der Waals surface area contributed by atoms with Gasteiger partial charge in [0.2, 0.25) is 0 Å². The normalized spacial score (nSPS) is 27.4. The molecule has 1 amide bonds. The zero-order chi connectivity index (χ0) is 31.3. The van der Waals surface area contributed by atoms with Crippen LogP contribution in [0.3, 0.4) is 0 Å². The van der Waals surface area contributed by atoms with Gasteiger partial charge < -0.3 is 24.4 Å². The van der Waals surface area contributed by atoms with Crippen molar-refractivity contribution >= 4 is 28.2 Å². The highest BCUT2D eigenvalue weighted by Gasteiger charge is 2.46. The molecule has 4 aliphatic heterocycles. The first-order chi connectivity index (χ1) is 21.7. The highest BCUT2D eigenvalue weighted by Crippen LogP contribution is 2.44. The number of rotatable bonds is 4. The Morgan fingerprint density at radius 3 is 1.64 bits per heavy atom. The lowest BCUT2D eigenvalue weighted by molar-refractivity contribution is 0.00286. The first kappa shape index (κ1) is 29.9. The SMILES string of the molecule is COc1nc2ccccc2n1C1CC2CCC(C1)N2.COc1nc2ccccc2n1C1CC2CCC(C1)N2C(=O)OC(C)(C)C. The topological polar surface area (TPSA) is 95.7 Å². The summed E-state index contributed by atoms with van der Waals surface area (Å²) in [5.74, 6) is 0. The fraction of sp³-hybridized carbons (Fsp3) is 0.571. The quantitative estimate of drug-likeness (QED) is 0.275. The van der Waals surface area contributed by atoms with Crippen LogP contribution in [0.15, 0.2) is 48.5 Å². The van der Waals surface area contributed by atoms with E-state index in [4.69, 9.17) is 14.2 Å². The lowest BCUT2D eigenvalue weighted by Gasteiger charge is -2.40. The number of aromatic nitrogens is 4. The van der Waals surface area contributed by atoms with E-state index in [-0.39, 0.29) is 24.2 Å². The van der Waals surface area contributed by atoms with Crippen LogP contribution in [-0.2, 0) is 4.74 Å². The number of fused-ring (bicyclic) bond motifs is 6. The Labute approximate surface area is 265 Å². The Kier molecular flexibility index (Phi) is 7.88. The molecule has 4 aromatic rings. The fourth-order valence-electron chi connectivity index (χ4n) is 8.25. The molecule has 0 radical (unpaired) electrons. The average molecular weight is 615 g/mol. The van der Waals surface area contributed by atoms with Gasteiger partial charge in [-0.25, -0.2) is 4.79 Å². The number of para-hydroxylation sites is 4. The molecule has 10 heteroatoms. The molecule has 4 fully saturated rings. The van der Waals surface area contributed by atoms with Gasteiger partial charge in [0.05, 0.1) is 36.3 Å². The molecule has 4 aliphatic rings. The van der Waals surface area contributed by atoms with E-state index in [1.165, 1.54) is 31.2 Å². The zero-order valence-electron chi connectivity index (χ0n) is 27.1. The van der Waals surface area contributed by atoms with Crippen LogP contribution in [0.2, 0.25) is 0 Å². The molecule has 45 heavy (non-hydrogen) atoms. The van der Waals surface area contributed by atoms with Crippen LogP contribution in [0.4, 0.5) is 4.79 Å². The van der Waals surface area contributed by atoms with Gasteiger partial charge >= 0.3 is 6.09 Å². The number of carbonyl (C=O) groups excluding carboxylic acids is 1. The summed E-state index contributed by atoms with van der Waals surface area (Å²) in [5.41, 5.74) is 3.82. The lowest BCUT2D eigenvalue weighted by Crippen LogP contribution is -2.48. The third-order valence-corrected chi connectivity index (χ3v) is 9.98. The van der Waals surface area contributed by atoms with Crippen molar-refractivity contribution in [2.45, 2.75) is 114 Å². The van der Waals surface area contributed by atoms with E-state index in [2.05, 4.69) is 48.7 Å². The number of carbonyl (C=O) groups is 1. The Morgan fingerprint density at radius 2 is 1.18 bits per heavy atom. The summed E-state index contributed by atoms with van der Waals surface area (Å²) in [6, 6.07) is 20.5. The zero-order valence-corrected chi connectivity index (χ0v) is 27.1. The molecule has 2 aromatic heterocycles. The van der Waals surface area contributed by atoms with Gasteiger partial charge in [0.1, 0.15) is 5.60 Å². The predicted molar refractivity (Wildman–Crippen MR) is 174 cm³/mol. The summed E-state index contributed by atoms with van der Waals surface area (Å²) < 4.78 is 21.2. The van der Waals surface area contributed by atoms with Crippen LogP contribution in [0, 0.1) is 0 Å². The monoisotopic (exact) mass is 614 g/mol. The van der Waals surface area contributed by atoms with E-state index < -0.39 is 5.60 Å². The molecular weight excluding hydrogens is 568 g/mol. The van der Waals surface area contributed by atoms with E-state index in [1.807, 2.05) is 49.9 Å². The highest BCUT2D eigenvalue weighted by molar-refractivity contribution is 5.77. The molecule has 240 valence electrons. The van der Waals surface area contributed by atoms with Crippen molar-refractivity contribution in [2.24, 2.45) is 0 Å². The van der Waals surface area contributed by atoms with Crippen molar-refractivity contribution < 1.29 is 19.0 Å². The second kappa shape index (κ2) is 11.9. The summed E-state index contributed by atoms with van der Waals surface area (Å²) >= 11 is 0. The van der Waals surface area contributed by atoms with Gasteiger partial charge in [-0.3, -0.25) is 9.13 Å². The molecule has 0 saturated carbocycles. The van der Waals surface area contributed by atoms with Crippen LogP contribution in [0.25, 0.3) is 22.1 Å². The predicted octanol–water partition coefficient (Wildman–Crippen LogP) is 6.65. The third-order valence-electron chi connectivity index (χ3n) is 9.98. The number of hydrogen-bond acceptors (Lipinski definition) is 7. The van der Waals surface area contributed by atoms with Crippen molar-refractivity contribution in [3.05, 3.63) is 48.5 Å². The van der Waals surface area contributed by atoms with Crippen LogP contribution in [0.1, 0.15) is 84.2 Å². The number of amides is 1. The minimum absolute atomic E-state index is 0.175. The second-order valence-electron chi connectivity index (χ2n) is 14.1. The summed E-state index contributed by atoms with van der Waals surface area (Å²) in [5, 5.41) is 3.69. The van der Waals surface area contributed by atoms with E-state index >= 15 is 0 Å². The smallest absolute Gasteiger partial charge is 0.410 e. The van der Waals surface area contributed by atoms with E-state index in [0.717, 1.165) is 48.2 Å². The number of methoxy groups -OCH3 is 2. The third kappa shape index (κ3) is 5.73. The number of nitrogens with one attached hydrogen (secondary N) is 1. The first-order valence-electron chi connectivity index (χ1n) is 16.5. The van der Waals surface area contributed by atoms with E-state index in [9.17, 15) is 4.79 Å². The minimum Gasteiger partial charge on any atom is -0.468 e. The standard InChI is InChI=1S/C20H27N3O3.C15H19N3O/c1-20(2,3)26-19(24)22-13-9-10-14(22)12-15(11-13)23-17-8-6-5-7-16(17)21-18(23)25-4;1-19-15-17-13-4-2-3-5-14(13)18(15)12-8-10-6-7-11(9-12)16-10/h5-8,13-15H,9-12H2,1-4H3;2-5,10-12,16H,6-9H2,1H3. The van der Waals surface area contributed by atoms with Crippen molar-refractivity contribution in [2.75, 3.05) is 14.2 Å². The maximum atomic E-state index is 12.7. The van der Waals surface area contributed by atoms with Gasteiger partial charge in [0, 0.05) is 36.3 Å². The van der Waals surface area contributed by atoms with Crippen LogP contribution >= 0.6 is 0 Å². The molecule has 2 aromatic carbocycles. The van der Waals surface area contributed by atoms with Gasteiger partial charge in [-0.15, -0.1) is 0 Å². The van der Waals surface area contributed by atoms with Gasteiger partial charge in [-0.2, -0.15) is 9.97 Å². The van der Waals surface area contributed by atoms with Crippen LogP contribution in [0.5, 0.6) is 12.0 Å². The lowest BCUT2D eigenvalue weighted by atomic mass is 9.97. The van der Waals surface area contributed by atoms with E-state index in [0.29, 0.717) is 24.1 Å². The Bertz CT molecular complexity index is 1650. The van der Waals surface area contributed by atoms with Crippen LogP contribution in [-0.4, -0.2) is 74.1 Å². The maximum Gasteiger partial charge on any atom is 0.410 e. The minimum atomic E-state index is -0.461. The maximum absolute atomic E-state index is 12.7. The van der Waals surface area contributed by atoms with Gasteiger partial charge in [0.15, 0.2) is 0 Å². The molecule has 10 nitrogen and oxygen atoms in total. The van der Waals surface area contributed by atoms with Crippen molar-refractivity contribution in [1.82, 2.24) is 29.3 Å². The molecule has 4 saturated heterocycles. The summed E-state index contributed by atoms with van der Waals surface area (Å²) in [7, 11) is 3.38. The van der Waals surface area contributed by atoms with Gasteiger partial charge in [0.25, 0.3) is 12.0 Å². The van der Waals surface area contributed by atoms with Crippen molar-refractivity contribution in [1.29, 1.82) is 0 Å². The average Bonchev–Trinajstić information content (AvgIpc) is 3.76. The number of imidazole rings is 2. The summed E-state index contributed by atoms with van der Waals surface area (Å²) in [6.45, 7) is 5.76. The molecule has 1 N–H and O–H groups in total. The summed E-state index contributed by atoms with van der Waals surface area (Å²) in [4.78, 5) is 23.9. The first-order valence-corrected chi connectivity index (χ1v) is 16.5. The Balaban J connectivity index is 0.000000151. The van der Waals surface area contributed by atoms with Crippen molar-refractivity contribution in [3.63, 3.8) is 0 Å². The Morgan fingerprint density at radius 1 is 0.711 bits per heavy atom. The van der Waals surface area contributed by atoms with Crippen molar-refractivity contribution in [3.8, 4) is 12.0 Å². The number of benzene rings is 2. The molecular formula is C35H46N6O4. The van der Waals surface area contributed by atoms with E-state index in [1.54, 1.807) is 14.2 Å². The summed E-state index contributed by atoms with van der Waals surface area (Å²) in [6.07, 6.45) is 8.72. The van der Waals surface area contributed by atoms with Gasteiger partial charge in [-0.1, -0.05) is 24.3 Å². The van der Waals surface area contributed by atoms with Crippen LogP contribution < -0.4 is 14.8 Å². The molecule has 0 spiro atoms. The molecule has 4 bridgehead atoms. The highest BCUT2D eigenvalue weighted by atomic mass is 16.6. The molecule has 4 atom stereocenters. The molecule has 8 rings (SSSR count). The number of piperidine rings is 2. The number of ether oxygens (including phenoxy) is 3. The molecule has 4 unspecified atom stereocenters. The second-order valence-corrected chi connectivity index (χ2v) is 14.1. The Hall–Kier alpha value is -3.79. The van der Waals surface area contributed by atoms with Gasteiger partial charge in [-0.05, 0) is 96.4 Å².